The molecule has 0 aromatic heterocycles. The highest BCUT2D eigenvalue weighted by Gasteiger charge is 2.18. The average molecular weight is 931 g/mol. The van der Waals surface area contributed by atoms with Crippen LogP contribution in [0, 0.1) is 41.5 Å². The van der Waals surface area contributed by atoms with Crippen LogP contribution in [0.4, 0.5) is 0 Å². The lowest BCUT2D eigenvalue weighted by Crippen LogP contribution is -2.14. The lowest BCUT2D eigenvalue weighted by molar-refractivity contribution is 0.0817. The summed E-state index contributed by atoms with van der Waals surface area (Å²) in [5, 5.41) is 17.7. The average Bonchev–Trinajstić information content (AvgIpc) is 3.36. The molecule has 0 aliphatic rings. The summed E-state index contributed by atoms with van der Waals surface area (Å²) in [6, 6.07) is 57.1. The van der Waals surface area contributed by atoms with Crippen molar-refractivity contribution in [1.29, 1.82) is 0 Å². The van der Waals surface area contributed by atoms with E-state index in [1.54, 1.807) is 48.5 Å². The Labute approximate surface area is 411 Å². The quantitative estimate of drug-likeness (QED) is 0.108. The first kappa shape index (κ1) is 54.0. The number of benzene rings is 8. The fourth-order valence-electron chi connectivity index (χ4n) is 6.46. The third-order valence-electron chi connectivity index (χ3n) is 10.8. The Bertz CT molecular complexity index is 2990. The highest BCUT2D eigenvalue weighted by molar-refractivity contribution is 6.49. The van der Waals surface area contributed by atoms with Crippen LogP contribution in [0.1, 0.15) is 121 Å². The Morgan fingerprint density at radius 1 is 0.300 bits per heavy atom. The predicted octanol–water partition coefficient (Wildman–Crippen LogP) is 13.6. The first-order valence-electron chi connectivity index (χ1n) is 22.5. The minimum atomic E-state index is -0.459. The SMILES string of the molecule is CC(=O)c1ccc(O)cc1.CC(=O)c1cccc(O)c1.Cc1ccc(C(=O)C(=O)c2ccc(C)cc2)cc1.Cc1ccc(C(=O)c2ccccc2)cc1C.Cc1ccc(C)c(C(=O)c2ccccc2)c1. The molecule has 0 aliphatic heterocycles. The number of Topliss-reactive ketones (excluding diaryl/α,β-unsaturated/α-hetero) is 4. The molecule has 0 amide bonds. The van der Waals surface area contributed by atoms with Crippen LogP contribution in [-0.4, -0.2) is 44.9 Å². The molecule has 0 fully saturated rings. The summed E-state index contributed by atoms with van der Waals surface area (Å²) in [7, 11) is 0. The van der Waals surface area contributed by atoms with Gasteiger partial charge in [-0.1, -0.05) is 162 Å². The van der Waals surface area contributed by atoms with E-state index < -0.39 is 11.6 Å². The molecule has 8 aromatic carbocycles. The van der Waals surface area contributed by atoms with Gasteiger partial charge in [0.2, 0.25) is 11.6 Å². The highest BCUT2D eigenvalue weighted by Crippen LogP contribution is 2.17. The summed E-state index contributed by atoms with van der Waals surface area (Å²) in [5.41, 5.74) is 11.7. The summed E-state index contributed by atoms with van der Waals surface area (Å²) in [6.45, 7) is 14.9. The molecule has 0 spiro atoms. The molecule has 0 heterocycles. The maximum atomic E-state index is 12.2. The van der Waals surface area contributed by atoms with E-state index in [4.69, 9.17) is 10.2 Å². The second-order valence-corrected chi connectivity index (χ2v) is 16.6. The number of hydrogen-bond donors (Lipinski definition) is 2. The largest absolute Gasteiger partial charge is 0.508 e. The molecule has 8 rings (SSSR count). The fourth-order valence-corrected chi connectivity index (χ4v) is 6.46. The number of phenolic OH excluding ortho intramolecular Hbond substituents is 2. The van der Waals surface area contributed by atoms with Gasteiger partial charge < -0.3 is 10.2 Å². The zero-order valence-electron chi connectivity index (χ0n) is 40.8. The second-order valence-electron chi connectivity index (χ2n) is 16.6. The number of aromatic hydroxyl groups is 2. The first-order valence-corrected chi connectivity index (χ1v) is 22.5. The van der Waals surface area contributed by atoms with Crippen molar-refractivity contribution >= 4 is 34.7 Å². The van der Waals surface area contributed by atoms with Crippen molar-refractivity contribution in [2.45, 2.75) is 55.4 Å². The normalized spacial score (nSPS) is 9.89. The Hall–Kier alpha value is -8.62. The number of hydrogen-bond acceptors (Lipinski definition) is 8. The summed E-state index contributed by atoms with van der Waals surface area (Å²) in [5.74, 6) is -0.434. The molecule has 354 valence electrons. The molecule has 0 bridgehead atoms. The third kappa shape index (κ3) is 16.9. The van der Waals surface area contributed by atoms with E-state index in [1.807, 2.05) is 163 Å². The molecule has 0 saturated heterocycles. The topological polar surface area (TPSA) is 143 Å². The maximum Gasteiger partial charge on any atom is 0.233 e. The van der Waals surface area contributed by atoms with Gasteiger partial charge in [-0.2, -0.15) is 0 Å². The van der Waals surface area contributed by atoms with Crippen LogP contribution < -0.4 is 0 Å². The summed E-state index contributed by atoms with van der Waals surface area (Å²) < 4.78 is 0. The molecule has 8 aromatic rings. The van der Waals surface area contributed by atoms with E-state index in [-0.39, 0.29) is 34.6 Å². The fraction of sp³-hybridized carbons (Fsp3) is 0.129. The Morgan fingerprint density at radius 3 is 1.16 bits per heavy atom. The zero-order valence-corrected chi connectivity index (χ0v) is 40.8. The van der Waals surface area contributed by atoms with Crippen LogP contribution in [-0.2, 0) is 0 Å². The molecule has 0 atom stereocenters. The van der Waals surface area contributed by atoms with Crippen molar-refractivity contribution in [2.24, 2.45) is 0 Å². The Kier molecular flexibility index (Phi) is 20.6. The number of aryl methyl sites for hydroxylation is 6. The Balaban J connectivity index is 0.000000194. The summed E-state index contributed by atoms with van der Waals surface area (Å²) in [4.78, 5) is 69.7. The molecule has 0 saturated carbocycles. The van der Waals surface area contributed by atoms with E-state index in [0.29, 0.717) is 22.3 Å². The molecule has 0 unspecified atom stereocenters. The van der Waals surface area contributed by atoms with Gasteiger partial charge in [-0.05, 0) is 121 Å². The van der Waals surface area contributed by atoms with Crippen molar-refractivity contribution in [3.8, 4) is 11.5 Å². The highest BCUT2D eigenvalue weighted by atomic mass is 16.3. The Morgan fingerprint density at radius 2 is 0.714 bits per heavy atom. The minimum Gasteiger partial charge on any atom is -0.508 e. The summed E-state index contributed by atoms with van der Waals surface area (Å²) in [6.07, 6.45) is 0. The van der Waals surface area contributed by atoms with Gasteiger partial charge in [0.05, 0.1) is 0 Å². The molecule has 8 nitrogen and oxygen atoms in total. The van der Waals surface area contributed by atoms with Gasteiger partial charge >= 0.3 is 0 Å². The van der Waals surface area contributed by atoms with E-state index in [1.165, 1.54) is 43.7 Å². The van der Waals surface area contributed by atoms with E-state index in [9.17, 15) is 28.8 Å². The molecular weight excluding hydrogens is 873 g/mol. The molecule has 8 heteroatoms. The smallest absolute Gasteiger partial charge is 0.233 e. The van der Waals surface area contributed by atoms with Crippen LogP contribution in [0.15, 0.2) is 194 Å². The van der Waals surface area contributed by atoms with E-state index >= 15 is 0 Å². The van der Waals surface area contributed by atoms with Gasteiger partial charge in [0, 0.05) is 44.5 Å². The van der Waals surface area contributed by atoms with Gasteiger partial charge in [0.15, 0.2) is 23.1 Å². The molecule has 0 aliphatic carbocycles. The molecular formula is C62H58O8. The predicted molar refractivity (Wildman–Crippen MR) is 279 cm³/mol. The minimum absolute atomic E-state index is 0.0139. The van der Waals surface area contributed by atoms with Gasteiger partial charge in [-0.15, -0.1) is 0 Å². The van der Waals surface area contributed by atoms with Crippen molar-refractivity contribution < 1.29 is 39.0 Å². The number of ketones is 6. The standard InChI is InChI=1S/C16H14O2.2C15H14O.2C8H8O2/c1-11-3-7-13(8-4-11)15(17)16(18)14-9-5-12(2)6-10-14;1-11-8-9-14(10-12(11)2)15(16)13-6-4-3-5-7-13;1-11-8-9-12(2)14(10-11)15(16)13-6-4-3-5-7-13;1-6(9)7-2-4-8(10)5-3-7;1-6(9)7-3-2-4-8(10)5-7/h3-10H,1-2H3;2*3-10H,1-2H3;2*2-5,10H,1H3. The molecule has 70 heavy (non-hydrogen) atoms. The van der Waals surface area contributed by atoms with E-state index in [0.717, 1.165) is 50.1 Å². The van der Waals surface area contributed by atoms with Crippen LogP contribution >= 0.6 is 0 Å². The van der Waals surface area contributed by atoms with Crippen molar-refractivity contribution in [3.63, 3.8) is 0 Å². The number of rotatable bonds is 9. The van der Waals surface area contributed by atoms with Crippen molar-refractivity contribution in [2.75, 3.05) is 0 Å². The van der Waals surface area contributed by atoms with Gasteiger partial charge in [0.25, 0.3) is 0 Å². The number of phenols is 2. The zero-order chi connectivity index (χ0) is 51.3. The third-order valence-corrected chi connectivity index (χ3v) is 10.8. The lowest BCUT2D eigenvalue weighted by Gasteiger charge is -2.06. The lowest BCUT2D eigenvalue weighted by atomic mass is 9.97. The second kappa shape index (κ2) is 26.6. The first-order chi connectivity index (χ1) is 33.3. The van der Waals surface area contributed by atoms with Crippen LogP contribution in [0.5, 0.6) is 11.5 Å². The van der Waals surface area contributed by atoms with Crippen LogP contribution in [0.3, 0.4) is 0 Å². The molecule has 0 radical (unpaired) electrons. The maximum absolute atomic E-state index is 12.2. The van der Waals surface area contributed by atoms with Crippen molar-refractivity contribution in [3.05, 3.63) is 272 Å². The van der Waals surface area contributed by atoms with Crippen molar-refractivity contribution in [1.82, 2.24) is 0 Å². The number of carbonyl (C=O) groups is 6. The number of carbonyl (C=O) groups excluding carboxylic acids is 6. The molecule has 2 N–H and O–H groups in total. The summed E-state index contributed by atoms with van der Waals surface area (Å²) >= 11 is 0. The van der Waals surface area contributed by atoms with Gasteiger partial charge in [-0.25, -0.2) is 0 Å². The van der Waals surface area contributed by atoms with Gasteiger partial charge in [-0.3, -0.25) is 28.8 Å². The van der Waals surface area contributed by atoms with Crippen LogP contribution in [0.25, 0.3) is 0 Å². The van der Waals surface area contributed by atoms with Crippen LogP contribution in [0.2, 0.25) is 0 Å². The van der Waals surface area contributed by atoms with Gasteiger partial charge in [0.1, 0.15) is 11.5 Å². The monoisotopic (exact) mass is 930 g/mol. The van der Waals surface area contributed by atoms with E-state index in [2.05, 4.69) is 0 Å².